The molecule has 0 aliphatic heterocycles. The lowest BCUT2D eigenvalue weighted by atomic mass is 9.94. The maximum Gasteiger partial charge on any atom is 0.316 e. The van der Waals surface area contributed by atoms with Gasteiger partial charge in [-0.05, 0) is 46.0 Å². The molecule has 0 bridgehead atoms. The Balaban J connectivity index is -0.000000356. The van der Waals surface area contributed by atoms with Crippen molar-refractivity contribution in [3.8, 4) is 0 Å². The Morgan fingerprint density at radius 1 is 0.852 bits per heavy atom. The summed E-state index contributed by atoms with van der Waals surface area (Å²) in [4.78, 5) is 43.0. The molecule has 160 valence electrons. The summed E-state index contributed by atoms with van der Waals surface area (Å²) in [6, 6.07) is 0. The van der Waals surface area contributed by atoms with Crippen molar-refractivity contribution >= 4 is 39.4 Å². The third-order valence-electron chi connectivity index (χ3n) is 2.78. The molecule has 1 atom stereocenters. The normalized spacial score (nSPS) is 10.8. The van der Waals surface area contributed by atoms with Crippen molar-refractivity contribution in [1.82, 2.24) is 0 Å². The summed E-state index contributed by atoms with van der Waals surface area (Å²) in [5.41, 5.74) is 0. The van der Waals surface area contributed by atoms with Gasteiger partial charge in [-0.1, -0.05) is 43.6 Å². The molecule has 27 heavy (non-hydrogen) atoms. The smallest absolute Gasteiger partial charge is 0.316 e. The summed E-state index contributed by atoms with van der Waals surface area (Å²) in [6.07, 6.45) is 0.474. The molecular formula is C20H37BrO6. The fraction of sp³-hybridized carbons (Fsp3) is 0.800. The lowest BCUT2D eigenvalue weighted by Crippen LogP contribution is -2.25. The lowest BCUT2D eigenvalue weighted by molar-refractivity contribution is -0.152. The van der Waals surface area contributed by atoms with E-state index in [1.165, 1.54) is 13.8 Å². The van der Waals surface area contributed by atoms with Crippen molar-refractivity contribution in [2.45, 2.75) is 68.2 Å². The van der Waals surface area contributed by atoms with Gasteiger partial charge in [-0.3, -0.25) is 19.2 Å². The third kappa shape index (κ3) is 24.8. The summed E-state index contributed by atoms with van der Waals surface area (Å²) >= 11 is 3.31. The van der Waals surface area contributed by atoms with Crippen LogP contribution in [0.3, 0.4) is 0 Å². The number of hydrogen-bond acceptors (Lipinski definition) is 6. The average molecular weight is 453 g/mol. The molecule has 1 unspecified atom stereocenters. The molecule has 0 aromatic heterocycles. The molecule has 0 saturated heterocycles. The Morgan fingerprint density at radius 2 is 1.30 bits per heavy atom. The van der Waals surface area contributed by atoms with Crippen LogP contribution in [0.4, 0.5) is 0 Å². The van der Waals surface area contributed by atoms with E-state index in [1.807, 2.05) is 13.8 Å². The van der Waals surface area contributed by atoms with E-state index in [2.05, 4.69) is 34.5 Å². The minimum absolute atomic E-state index is 0.103. The molecule has 7 heteroatoms. The van der Waals surface area contributed by atoms with E-state index in [1.54, 1.807) is 13.8 Å². The van der Waals surface area contributed by atoms with E-state index in [0.717, 1.165) is 11.2 Å². The van der Waals surface area contributed by atoms with Crippen LogP contribution in [0.1, 0.15) is 68.2 Å². The first-order chi connectivity index (χ1) is 12.4. The standard InChI is InChI=1S/C10H18O3.C6H10O3.C4H9Br/c1-5-13-10(12)9(8(4)11)6-7(2)3;1-3-9-6(8)4-5(2)7;1-4(2)3-5/h7,9H,5-6H2,1-4H3;3-4H2,1-2H3;4H,3H2,1-2H3. The predicted molar refractivity (Wildman–Crippen MR) is 111 cm³/mol. The lowest BCUT2D eigenvalue weighted by Gasteiger charge is -2.14. The maximum atomic E-state index is 11.3. The Hall–Kier alpha value is -1.24. The van der Waals surface area contributed by atoms with Crippen LogP contribution < -0.4 is 0 Å². The Bertz CT molecular complexity index is 432. The fourth-order valence-corrected chi connectivity index (χ4v) is 1.56. The molecule has 0 aromatic carbocycles. The van der Waals surface area contributed by atoms with Crippen LogP contribution in [0.25, 0.3) is 0 Å². The third-order valence-corrected chi connectivity index (χ3v) is 4.07. The number of hydrogen-bond donors (Lipinski definition) is 0. The predicted octanol–water partition coefficient (Wildman–Crippen LogP) is 4.37. The molecule has 0 aromatic rings. The summed E-state index contributed by atoms with van der Waals surface area (Å²) in [5.74, 6) is -0.525. The molecular weight excluding hydrogens is 416 g/mol. The van der Waals surface area contributed by atoms with Crippen molar-refractivity contribution in [3.63, 3.8) is 0 Å². The number of esters is 2. The molecule has 6 nitrogen and oxygen atoms in total. The highest BCUT2D eigenvalue weighted by atomic mass is 79.9. The first-order valence-corrected chi connectivity index (χ1v) is 10.4. The van der Waals surface area contributed by atoms with Crippen LogP contribution in [-0.2, 0) is 28.7 Å². The van der Waals surface area contributed by atoms with Crippen molar-refractivity contribution in [3.05, 3.63) is 0 Å². The quantitative estimate of drug-likeness (QED) is 0.293. The highest BCUT2D eigenvalue weighted by Crippen LogP contribution is 2.14. The number of carbonyl (C=O) groups excluding carboxylic acids is 4. The molecule has 0 aliphatic carbocycles. The van der Waals surface area contributed by atoms with Crippen LogP contribution in [0, 0.1) is 17.8 Å². The van der Waals surface area contributed by atoms with Crippen LogP contribution >= 0.6 is 15.9 Å². The molecule has 0 saturated carbocycles. The maximum absolute atomic E-state index is 11.3. The zero-order chi connectivity index (χ0) is 22.0. The number of ketones is 2. The molecule has 0 fully saturated rings. The van der Waals surface area contributed by atoms with Gasteiger partial charge in [0.2, 0.25) is 0 Å². The minimum Gasteiger partial charge on any atom is -0.466 e. The molecule has 0 radical (unpaired) electrons. The fourth-order valence-electron chi connectivity index (χ4n) is 1.56. The van der Waals surface area contributed by atoms with Gasteiger partial charge in [0.25, 0.3) is 0 Å². The van der Waals surface area contributed by atoms with E-state index in [-0.39, 0.29) is 24.0 Å². The molecule has 0 spiro atoms. The van der Waals surface area contributed by atoms with E-state index >= 15 is 0 Å². The molecule has 0 aliphatic rings. The van der Waals surface area contributed by atoms with E-state index in [9.17, 15) is 19.2 Å². The van der Waals surface area contributed by atoms with Gasteiger partial charge in [0.05, 0.1) is 13.2 Å². The second-order valence-electron chi connectivity index (χ2n) is 6.78. The summed E-state index contributed by atoms with van der Waals surface area (Å²) in [6.45, 7) is 15.2. The van der Waals surface area contributed by atoms with Crippen LogP contribution in [0.2, 0.25) is 0 Å². The first-order valence-electron chi connectivity index (χ1n) is 9.30. The summed E-state index contributed by atoms with van der Waals surface area (Å²) in [5, 5.41) is 1.12. The van der Waals surface area contributed by atoms with E-state index in [4.69, 9.17) is 4.74 Å². The highest BCUT2D eigenvalue weighted by Gasteiger charge is 2.25. The minimum atomic E-state index is -0.569. The van der Waals surface area contributed by atoms with Crippen molar-refractivity contribution in [2.75, 3.05) is 18.5 Å². The second-order valence-corrected chi connectivity index (χ2v) is 7.42. The first kappa shape index (κ1) is 30.5. The van der Waals surface area contributed by atoms with Crippen LogP contribution in [-0.4, -0.2) is 42.0 Å². The van der Waals surface area contributed by atoms with Crippen molar-refractivity contribution < 1.29 is 28.7 Å². The van der Waals surface area contributed by atoms with E-state index < -0.39 is 11.9 Å². The number of ether oxygens (including phenoxy) is 2. The zero-order valence-electron chi connectivity index (χ0n) is 18.1. The van der Waals surface area contributed by atoms with Gasteiger partial charge in [-0.25, -0.2) is 0 Å². The number of halogens is 1. The molecule has 0 heterocycles. The zero-order valence-corrected chi connectivity index (χ0v) is 19.7. The number of carbonyl (C=O) groups is 4. The van der Waals surface area contributed by atoms with Crippen molar-refractivity contribution in [2.24, 2.45) is 17.8 Å². The van der Waals surface area contributed by atoms with Gasteiger partial charge in [0.1, 0.15) is 23.9 Å². The monoisotopic (exact) mass is 452 g/mol. The topological polar surface area (TPSA) is 86.7 Å². The summed E-state index contributed by atoms with van der Waals surface area (Å²) < 4.78 is 9.30. The van der Waals surface area contributed by atoms with Gasteiger partial charge >= 0.3 is 11.9 Å². The van der Waals surface area contributed by atoms with Crippen LogP contribution in [0.5, 0.6) is 0 Å². The van der Waals surface area contributed by atoms with Gasteiger partial charge < -0.3 is 9.47 Å². The average Bonchev–Trinajstić information content (AvgIpc) is 2.53. The number of Topliss-reactive ketones (excluding diaryl/α,β-unsaturated/α-hetero) is 2. The number of alkyl halides is 1. The van der Waals surface area contributed by atoms with Gasteiger partial charge in [0.15, 0.2) is 0 Å². The van der Waals surface area contributed by atoms with Gasteiger partial charge in [0, 0.05) is 5.33 Å². The van der Waals surface area contributed by atoms with Crippen LogP contribution in [0.15, 0.2) is 0 Å². The highest BCUT2D eigenvalue weighted by molar-refractivity contribution is 9.09. The molecule has 0 rings (SSSR count). The van der Waals surface area contributed by atoms with Crippen molar-refractivity contribution in [1.29, 1.82) is 0 Å². The largest absolute Gasteiger partial charge is 0.466 e. The Kier molecular flexibility index (Phi) is 22.0. The van der Waals surface area contributed by atoms with Gasteiger partial charge in [-0.15, -0.1) is 0 Å². The van der Waals surface area contributed by atoms with Gasteiger partial charge in [-0.2, -0.15) is 0 Å². The SMILES string of the molecule is CC(C)CBr.CCOC(=O)C(CC(C)C)C(C)=O.CCOC(=O)CC(C)=O. The van der Waals surface area contributed by atoms with E-state index in [0.29, 0.717) is 25.6 Å². The molecule has 0 amide bonds. The number of rotatable bonds is 9. The molecule has 0 N–H and O–H groups in total. The Morgan fingerprint density at radius 3 is 1.56 bits per heavy atom. The Labute approximate surface area is 172 Å². The second kappa shape index (κ2) is 19.5. The summed E-state index contributed by atoms with van der Waals surface area (Å²) in [7, 11) is 0.